The summed E-state index contributed by atoms with van der Waals surface area (Å²) in [6.07, 6.45) is 4.89. The van der Waals surface area contributed by atoms with Crippen LogP contribution in [0.4, 0.5) is 0 Å². The number of furan rings is 1. The van der Waals surface area contributed by atoms with E-state index in [2.05, 4.69) is 76.5 Å². The minimum atomic E-state index is -0.712. The first-order chi connectivity index (χ1) is 22.5. The van der Waals surface area contributed by atoms with E-state index in [-0.39, 0.29) is 20.1 Å². The minimum Gasteiger partial charge on any atom is -0.557 e. The van der Waals surface area contributed by atoms with Gasteiger partial charge in [0.1, 0.15) is 0 Å². The second kappa shape index (κ2) is 13.9. The van der Waals surface area contributed by atoms with Crippen LogP contribution in [0.25, 0.3) is 61.5 Å². The minimum absolute atomic E-state index is 0. The molecular weight excluding hydrogens is 743 g/mol. The normalized spacial score (nSPS) is 11.4. The Balaban J connectivity index is 0.000000250. The maximum absolute atomic E-state index is 8.47. The fourth-order valence-corrected chi connectivity index (χ4v) is 5.42. The molecule has 0 unspecified atom stereocenters. The van der Waals surface area contributed by atoms with Crippen molar-refractivity contribution in [2.24, 2.45) is 0 Å². The molecule has 4 nitrogen and oxygen atoms in total. The van der Waals surface area contributed by atoms with Gasteiger partial charge in [0.25, 0.3) is 0 Å². The van der Waals surface area contributed by atoms with Crippen molar-refractivity contribution in [3.05, 3.63) is 164 Å². The van der Waals surface area contributed by atoms with Gasteiger partial charge in [-0.15, -0.1) is 35.9 Å². The molecule has 3 heterocycles. The van der Waals surface area contributed by atoms with Crippen molar-refractivity contribution < 1.29 is 25.9 Å². The van der Waals surface area contributed by atoms with Crippen LogP contribution in [0.3, 0.4) is 0 Å². The molecule has 227 valence electrons. The second-order valence-electron chi connectivity index (χ2n) is 11.0. The number of nitrogens with zero attached hydrogens (tertiary/aromatic N) is 3. The summed E-state index contributed by atoms with van der Waals surface area (Å²) in [6.45, 7) is 3.78. The van der Waals surface area contributed by atoms with Crippen LogP contribution < -0.4 is 0 Å². The van der Waals surface area contributed by atoms with Gasteiger partial charge in [-0.25, -0.2) is 0 Å². The van der Waals surface area contributed by atoms with Crippen LogP contribution in [0, 0.1) is 12.3 Å². The molecule has 8 rings (SSSR count). The van der Waals surface area contributed by atoms with E-state index in [1.165, 1.54) is 5.56 Å². The fraction of sp³-hybridized carbons (Fsp3) is 0.0732. The Kier molecular flexibility index (Phi) is 8.95. The summed E-state index contributed by atoms with van der Waals surface area (Å²) in [7, 11) is 0. The van der Waals surface area contributed by atoms with Crippen molar-refractivity contribution in [3.63, 3.8) is 0 Å². The number of para-hydroxylation sites is 2. The van der Waals surface area contributed by atoms with Crippen molar-refractivity contribution in [1.29, 1.82) is 0 Å². The van der Waals surface area contributed by atoms with E-state index < -0.39 is 5.89 Å². The Labute approximate surface area is 284 Å². The average molecular weight is 775 g/mol. The first-order valence-electron chi connectivity index (χ1n) is 15.4. The quantitative estimate of drug-likeness (QED) is 0.164. The first-order valence-corrected chi connectivity index (χ1v) is 14.9. The Morgan fingerprint density at radius 1 is 0.761 bits per heavy atom. The molecule has 0 aliphatic carbocycles. The van der Waals surface area contributed by atoms with Crippen LogP contribution >= 0.6 is 0 Å². The molecule has 5 heteroatoms. The number of pyridine rings is 1. The molecule has 5 aromatic carbocycles. The summed E-state index contributed by atoms with van der Waals surface area (Å²) in [4.78, 5) is 9.20. The number of rotatable bonds is 5. The van der Waals surface area contributed by atoms with Gasteiger partial charge in [0.05, 0.1) is 16.9 Å². The van der Waals surface area contributed by atoms with E-state index in [9.17, 15) is 0 Å². The Hall–Kier alpha value is -5.09. The van der Waals surface area contributed by atoms with Crippen LogP contribution in [0.15, 0.2) is 150 Å². The number of benzene rings is 5. The van der Waals surface area contributed by atoms with Gasteiger partial charge in [0.2, 0.25) is 0 Å². The van der Waals surface area contributed by atoms with E-state index in [0.717, 1.165) is 61.5 Å². The van der Waals surface area contributed by atoms with Crippen LogP contribution in [-0.4, -0.2) is 14.5 Å². The number of hydrogen-bond donors (Lipinski definition) is 0. The summed E-state index contributed by atoms with van der Waals surface area (Å²) in [6, 6.07) is 49.7. The maximum atomic E-state index is 8.47. The molecular formula is C41H31IrN3O-2. The van der Waals surface area contributed by atoms with Crippen LogP contribution in [0.1, 0.15) is 26.7 Å². The van der Waals surface area contributed by atoms with E-state index in [1.807, 2.05) is 98.8 Å². The monoisotopic (exact) mass is 775 g/mol. The molecule has 46 heavy (non-hydrogen) atoms. The Morgan fingerprint density at radius 3 is 2.24 bits per heavy atom. The van der Waals surface area contributed by atoms with Gasteiger partial charge in [0.15, 0.2) is 0 Å². The predicted octanol–water partition coefficient (Wildman–Crippen LogP) is 10.6. The molecule has 0 amide bonds. The van der Waals surface area contributed by atoms with Crippen molar-refractivity contribution in [2.75, 3.05) is 0 Å². The zero-order valence-electron chi connectivity index (χ0n) is 26.4. The molecule has 0 aliphatic heterocycles. The number of aromatic nitrogens is 3. The number of fused-ring (bicyclic) bond motifs is 2. The van der Waals surface area contributed by atoms with E-state index in [4.69, 9.17) is 10.8 Å². The summed E-state index contributed by atoms with van der Waals surface area (Å²) in [5.74, 6) is 0.0585. The zero-order chi connectivity index (χ0) is 31.5. The summed E-state index contributed by atoms with van der Waals surface area (Å²) in [5.41, 5.74) is 9.76. The molecule has 3 aromatic heterocycles. The van der Waals surface area contributed by atoms with E-state index in [1.54, 1.807) is 6.20 Å². The van der Waals surface area contributed by atoms with Crippen molar-refractivity contribution in [3.8, 4) is 39.5 Å². The largest absolute Gasteiger partial charge is 0.557 e. The Bertz CT molecular complexity index is 2180. The molecule has 1 radical (unpaired) electrons. The fourth-order valence-electron chi connectivity index (χ4n) is 5.42. The summed E-state index contributed by atoms with van der Waals surface area (Å²) >= 11 is 0. The van der Waals surface area contributed by atoms with E-state index in [0.29, 0.717) is 0 Å². The van der Waals surface area contributed by atoms with E-state index >= 15 is 0 Å². The van der Waals surface area contributed by atoms with Crippen molar-refractivity contribution in [1.82, 2.24) is 14.5 Å². The van der Waals surface area contributed by atoms with Gasteiger partial charge in [-0.05, 0) is 53.0 Å². The van der Waals surface area contributed by atoms with Gasteiger partial charge in [0, 0.05) is 45.2 Å². The van der Waals surface area contributed by atoms with Crippen LogP contribution in [0.2, 0.25) is 0 Å². The van der Waals surface area contributed by atoms with Gasteiger partial charge >= 0.3 is 0 Å². The van der Waals surface area contributed by atoms with Crippen molar-refractivity contribution >= 4 is 22.0 Å². The first kappa shape index (κ1) is 29.6. The third-order valence-electron chi connectivity index (χ3n) is 7.76. The molecule has 0 spiro atoms. The number of imidazole rings is 1. The number of hydrogen-bond acceptors (Lipinski definition) is 3. The van der Waals surface area contributed by atoms with Gasteiger partial charge in [-0.1, -0.05) is 115 Å². The van der Waals surface area contributed by atoms with Gasteiger partial charge in [-0.3, -0.25) is 4.98 Å². The molecule has 0 saturated heterocycles. The summed E-state index contributed by atoms with van der Waals surface area (Å²) in [5, 5.41) is 0.912. The predicted molar refractivity (Wildman–Crippen MR) is 183 cm³/mol. The van der Waals surface area contributed by atoms with Gasteiger partial charge in [-0.2, -0.15) is 0 Å². The third-order valence-corrected chi connectivity index (χ3v) is 7.76. The average Bonchev–Trinajstić information content (AvgIpc) is 3.71. The van der Waals surface area contributed by atoms with Crippen LogP contribution in [0.5, 0.6) is 0 Å². The molecule has 8 aromatic rings. The standard InChI is InChI=1S/C30H23N2O.C11H8N.Ir/c1-20(2)23-14-17-29-25(18-23)26(19-33-29)30-31-27-10-6-7-11-28(27)32(30)24-15-12-22(13-16-24)21-8-4-3-5-9-21;1-2-6-10(7-3-1)11-8-4-5-9-12-11;/h3-18,20H,1-2H3;1-6,8-9H;/q2*-1;/i20D;;. The Morgan fingerprint density at radius 2 is 1.50 bits per heavy atom. The topological polar surface area (TPSA) is 43.9 Å². The molecule has 0 atom stereocenters. The molecule has 0 fully saturated rings. The molecule has 0 aliphatic rings. The van der Waals surface area contributed by atoms with Gasteiger partial charge < -0.3 is 14.0 Å². The molecule has 0 saturated carbocycles. The summed E-state index contributed by atoms with van der Waals surface area (Å²) < 4.78 is 16.4. The smallest absolute Gasteiger partial charge is 0.0774 e. The molecule has 0 N–H and O–H groups in total. The second-order valence-corrected chi connectivity index (χ2v) is 11.0. The third kappa shape index (κ3) is 6.34. The van der Waals surface area contributed by atoms with Crippen LogP contribution in [-0.2, 0) is 20.1 Å². The SMILES string of the molecule is [2H]C(C)(C)c1ccc2o[c-]c(-c3nc4ccccc4n3-c3ccc(-c4ccccc4)cc3)c2c1.[Ir].[c-]1ccccc1-c1ccccn1. The molecule has 0 bridgehead atoms. The zero-order valence-corrected chi connectivity index (χ0v) is 27.8. The maximum Gasteiger partial charge on any atom is 0.0774 e. The van der Waals surface area contributed by atoms with Crippen molar-refractivity contribution in [2.45, 2.75) is 19.7 Å².